The maximum absolute atomic E-state index is 9.10. The summed E-state index contributed by atoms with van der Waals surface area (Å²) in [5.74, 6) is 0.775. The van der Waals surface area contributed by atoms with Crippen molar-refractivity contribution in [2.24, 2.45) is 5.16 Å². The van der Waals surface area contributed by atoms with Gasteiger partial charge in [-0.05, 0) is 36.4 Å². The van der Waals surface area contributed by atoms with Crippen molar-refractivity contribution in [1.82, 2.24) is 0 Å². The van der Waals surface area contributed by atoms with Gasteiger partial charge in [-0.25, -0.2) is 0 Å². The van der Waals surface area contributed by atoms with Gasteiger partial charge >= 0.3 is 0 Å². The van der Waals surface area contributed by atoms with E-state index in [-0.39, 0.29) is 0 Å². The SMILES string of the molecule is COc1ccc(/C(CNc2ccccc2)=N/O)cc1. The van der Waals surface area contributed by atoms with Gasteiger partial charge in [-0.2, -0.15) is 0 Å². The number of ether oxygens (including phenoxy) is 1. The second-order valence-corrected chi connectivity index (χ2v) is 3.99. The number of rotatable bonds is 5. The number of hydrogen-bond donors (Lipinski definition) is 2. The molecule has 98 valence electrons. The Morgan fingerprint density at radius 1 is 1.11 bits per heavy atom. The van der Waals surface area contributed by atoms with E-state index in [0.29, 0.717) is 12.3 Å². The summed E-state index contributed by atoms with van der Waals surface area (Å²) < 4.78 is 5.09. The van der Waals surface area contributed by atoms with E-state index in [1.54, 1.807) is 7.11 Å². The van der Waals surface area contributed by atoms with Crippen LogP contribution in [0.5, 0.6) is 5.75 Å². The summed E-state index contributed by atoms with van der Waals surface area (Å²) in [5.41, 5.74) is 2.41. The zero-order chi connectivity index (χ0) is 13.5. The number of anilines is 1. The number of benzene rings is 2. The van der Waals surface area contributed by atoms with Gasteiger partial charge < -0.3 is 15.3 Å². The highest BCUT2D eigenvalue weighted by Gasteiger charge is 2.04. The van der Waals surface area contributed by atoms with Crippen LogP contribution in [-0.4, -0.2) is 24.6 Å². The molecule has 0 saturated heterocycles. The summed E-state index contributed by atoms with van der Waals surface area (Å²) in [7, 11) is 1.62. The minimum Gasteiger partial charge on any atom is -0.497 e. The van der Waals surface area contributed by atoms with Gasteiger partial charge in [0.1, 0.15) is 11.5 Å². The van der Waals surface area contributed by atoms with Crippen LogP contribution in [0.3, 0.4) is 0 Å². The van der Waals surface area contributed by atoms with E-state index in [4.69, 9.17) is 9.94 Å². The third-order valence-electron chi connectivity index (χ3n) is 2.78. The van der Waals surface area contributed by atoms with Crippen molar-refractivity contribution in [3.63, 3.8) is 0 Å². The minimum atomic E-state index is 0.451. The van der Waals surface area contributed by atoms with E-state index in [1.807, 2.05) is 54.6 Å². The van der Waals surface area contributed by atoms with Crippen molar-refractivity contribution in [2.45, 2.75) is 0 Å². The molecule has 2 N–H and O–H groups in total. The zero-order valence-corrected chi connectivity index (χ0v) is 10.7. The molecule has 19 heavy (non-hydrogen) atoms. The van der Waals surface area contributed by atoms with E-state index in [2.05, 4.69) is 10.5 Å². The van der Waals surface area contributed by atoms with Crippen molar-refractivity contribution in [2.75, 3.05) is 19.0 Å². The summed E-state index contributed by atoms with van der Waals surface area (Å²) in [6, 6.07) is 17.2. The first-order valence-electron chi connectivity index (χ1n) is 5.98. The lowest BCUT2D eigenvalue weighted by Crippen LogP contribution is -2.15. The quantitative estimate of drug-likeness (QED) is 0.491. The minimum absolute atomic E-state index is 0.451. The largest absolute Gasteiger partial charge is 0.497 e. The first kappa shape index (κ1) is 13.0. The molecular formula is C15H16N2O2. The Bertz CT molecular complexity index is 536. The van der Waals surface area contributed by atoms with Crippen LogP contribution in [0.2, 0.25) is 0 Å². The van der Waals surface area contributed by atoms with E-state index >= 15 is 0 Å². The summed E-state index contributed by atoms with van der Waals surface area (Å²) in [6.07, 6.45) is 0. The molecule has 0 aliphatic rings. The second-order valence-electron chi connectivity index (χ2n) is 3.99. The molecule has 4 heteroatoms. The fraction of sp³-hybridized carbons (Fsp3) is 0.133. The van der Waals surface area contributed by atoms with Gasteiger partial charge in [0.05, 0.1) is 13.7 Å². The van der Waals surface area contributed by atoms with Gasteiger partial charge in [0.2, 0.25) is 0 Å². The monoisotopic (exact) mass is 256 g/mol. The molecule has 0 unspecified atom stereocenters. The first-order valence-corrected chi connectivity index (χ1v) is 5.98. The molecule has 0 fully saturated rings. The summed E-state index contributed by atoms with van der Waals surface area (Å²) in [4.78, 5) is 0. The van der Waals surface area contributed by atoms with Crippen LogP contribution in [0.4, 0.5) is 5.69 Å². The average molecular weight is 256 g/mol. The van der Waals surface area contributed by atoms with Crippen LogP contribution < -0.4 is 10.1 Å². The summed E-state index contributed by atoms with van der Waals surface area (Å²) in [6.45, 7) is 0.451. The van der Waals surface area contributed by atoms with Crippen LogP contribution >= 0.6 is 0 Å². The average Bonchev–Trinajstić information content (AvgIpc) is 2.49. The van der Waals surface area contributed by atoms with Crippen LogP contribution in [0, 0.1) is 0 Å². The van der Waals surface area contributed by atoms with E-state index < -0.39 is 0 Å². The molecular weight excluding hydrogens is 240 g/mol. The maximum atomic E-state index is 9.10. The van der Waals surface area contributed by atoms with Crippen LogP contribution in [0.15, 0.2) is 59.8 Å². The van der Waals surface area contributed by atoms with E-state index in [9.17, 15) is 0 Å². The topological polar surface area (TPSA) is 53.8 Å². The molecule has 0 amide bonds. The normalized spacial score (nSPS) is 11.1. The molecule has 2 aromatic rings. The molecule has 0 aromatic heterocycles. The number of nitrogens with zero attached hydrogens (tertiary/aromatic N) is 1. The maximum Gasteiger partial charge on any atom is 0.118 e. The Hall–Kier alpha value is -2.49. The number of hydrogen-bond acceptors (Lipinski definition) is 4. The number of methoxy groups -OCH3 is 1. The van der Waals surface area contributed by atoms with Gasteiger partial charge in [-0.1, -0.05) is 23.4 Å². The lowest BCUT2D eigenvalue weighted by atomic mass is 10.1. The van der Waals surface area contributed by atoms with Crippen LogP contribution in [0.1, 0.15) is 5.56 Å². The zero-order valence-electron chi connectivity index (χ0n) is 10.7. The van der Waals surface area contributed by atoms with Crippen molar-refractivity contribution >= 4 is 11.4 Å². The van der Waals surface area contributed by atoms with E-state index in [1.165, 1.54) is 0 Å². The Balaban J connectivity index is 2.04. The number of para-hydroxylation sites is 1. The third-order valence-corrected chi connectivity index (χ3v) is 2.78. The molecule has 0 aliphatic heterocycles. The van der Waals surface area contributed by atoms with Gasteiger partial charge in [0.15, 0.2) is 0 Å². The molecule has 2 aromatic carbocycles. The molecule has 0 radical (unpaired) electrons. The number of oxime groups is 1. The lowest BCUT2D eigenvalue weighted by molar-refractivity contribution is 0.319. The molecule has 4 nitrogen and oxygen atoms in total. The smallest absolute Gasteiger partial charge is 0.118 e. The van der Waals surface area contributed by atoms with Crippen molar-refractivity contribution in [1.29, 1.82) is 0 Å². The predicted molar refractivity (Wildman–Crippen MR) is 76.2 cm³/mol. The fourth-order valence-corrected chi connectivity index (χ4v) is 1.72. The standard InChI is InChI=1S/C15H16N2O2/c1-19-14-9-7-12(8-10-14)15(17-18)11-16-13-5-3-2-4-6-13/h2-10,16,18H,11H2,1H3/b17-15+. The van der Waals surface area contributed by atoms with Gasteiger partial charge in [-0.3, -0.25) is 0 Å². The highest BCUT2D eigenvalue weighted by Crippen LogP contribution is 2.13. The Morgan fingerprint density at radius 3 is 2.37 bits per heavy atom. The van der Waals surface area contributed by atoms with Gasteiger partial charge in [-0.15, -0.1) is 0 Å². The summed E-state index contributed by atoms with van der Waals surface area (Å²) in [5, 5.41) is 15.6. The molecule has 0 saturated carbocycles. The Morgan fingerprint density at radius 2 is 1.79 bits per heavy atom. The fourth-order valence-electron chi connectivity index (χ4n) is 1.72. The third kappa shape index (κ3) is 3.48. The molecule has 0 bridgehead atoms. The van der Waals surface area contributed by atoms with Crippen LogP contribution in [0.25, 0.3) is 0 Å². The first-order chi connectivity index (χ1) is 9.33. The predicted octanol–water partition coefficient (Wildman–Crippen LogP) is 2.99. The molecule has 0 heterocycles. The molecule has 0 atom stereocenters. The van der Waals surface area contributed by atoms with Gasteiger partial charge in [0, 0.05) is 11.3 Å². The van der Waals surface area contributed by atoms with Gasteiger partial charge in [0.25, 0.3) is 0 Å². The second kappa shape index (κ2) is 6.44. The summed E-state index contributed by atoms with van der Waals surface area (Å²) >= 11 is 0. The van der Waals surface area contributed by atoms with E-state index in [0.717, 1.165) is 17.0 Å². The highest BCUT2D eigenvalue weighted by molar-refractivity contribution is 6.03. The highest BCUT2D eigenvalue weighted by atomic mass is 16.5. The number of nitrogens with one attached hydrogen (secondary N) is 1. The Kier molecular flexibility index (Phi) is 4.39. The Labute approximate surface area is 112 Å². The van der Waals surface area contributed by atoms with Crippen molar-refractivity contribution in [3.8, 4) is 5.75 Å². The molecule has 0 spiro atoms. The lowest BCUT2D eigenvalue weighted by Gasteiger charge is -2.08. The van der Waals surface area contributed by atoms with Crippen molar-refractivity contribution < 1.29 is 9.94 Å². The molecule has 0 aliphatic carbocycles. The molecule has 2 rings (SSSR count). The van der Waals surface area contributed by atoms with Crippen molar-refractivity contribution in [3.05, 3.63) is 60.2 Å². The van der Waals surface area contributed by atoms with Crippen LogP contribution in [-0.2, 0) is 0 Å².